The van der Waals surface area contributed by atoms with Crippen molar-refractivity contribution in [3.63, 3.8) is 0 Å². The summed E-state index contributed by atoms with van der Waals surface area (Å²) in [5, 5.41) is 8.49. The molecule has 6 heteroatoms. The molecule has 17 heavy (non-hydrogen) atoms. The fraction of sp³-hybridized carbons (Fsp3) is 0.273. The molecule has 0 bridgehead atoms. The number of pyridine rings is 1. The van der Waals surface area contributed by atoms with Crippen LogP contribution < -0.4 is 0 Å². The van der Waals surface area contributed by atoms with Crippen LogP contribution in [0.1, 0.15) is 12.1 Å². The number of carboxylic acids is 1. The summed E-state index contributed by atoms with van der Waals surface area (Å²) < 4.78 is 13.4. The van der Waals surface area contributed by atoms with Crippen LogP contribution >= 0.6 is 0 Å². The molecule has 2 aromatic rings. The van der Waals surface area contributed by atoms with E-state index in [1.165, 1.54) is 0 Å². The molecule has 0 amide bonds. The van der Waals surface area contributed by atoms with Crippen molar-refractivity contribution in [3.8, 4) is 0 Å². The van der Waals surface area contributed by atoms with Crippen molar-refractivity contribution in [2.75, 3.05) is 5.75 Å². The topological polar surface area (TPSA) is 71.7 Å². The van der Waals surface area contributed by atoms with Crippen LogP contribution in [0.15, 0.2) is 30.6 Å². The van der Waals surface area contributed by atoms with E-state index in [0.29, 0.717) is 5.75 Å². The first kappa shape index (κ1) is 11.8. The Bertz CT molecular complexity index is 532. The van der Waals surface area contributed by atoms with Crippen LogP contribution in [-0.4, -0.2) is 30.4 Å². The Kier molecular flexibility index (Phi) is 3.53. The molecule has 0 saturated heterocycles. The van der Waals surface area contributed by atoms with Crippen LogP contribution in [0.3, 0.4) is 0 Å². The molecular weight excluding hydrogens is 240 g/mol. The van der Waals surface area contributed by atoms with Crippen LogP contribution in [-0.2, 0) is 21.3 Å². The summed E-state index contributed by atoms with van der Waals surface area (Å²) in [5.74, 6) is -0.452. The van der Waals surface area contributed by atoms with Crippen molar-refractivity contribution in [2.45, 2.75) is 12.2 Å². The summed E-state index contributed by atoms with van der Waals surface area (Å²) in [6.07, 6.45) is 3.61. The zero-order valence-corrected chi connectivity index (χ0v) is 9.89. The second-order valence-corrected chi connectivity index (χ2v) is 5.21. The maximum atomic E-state index is 11.6. The van der Waals surface area contributed by atoms with Crippen molar-refractivity contribution in [1.29, 1.82) is 0 Å². The zero-order valence-electron chi connectivity index (χ0n) is 9.07. The minimum atomic E-state index is -1.17. The van der Waals surface area contributed by atoms with Crippen molar-refractivity contribution >= 4 is 22.4 Å². The first-order valence-corrected chi connectivity index (χ1v) is 6.63. The number of aliphatic carboxylic acids is 1. The highest BCUT2D eigenvalue weighted by Gasteiger charge is 2.08. The molecule has 5 nitrogen and oxygen atoms in total. The Morgan fingerprint density at radius 1 is 1.47 bits per heavy atom. The Balaban J connectivity index is 2.03. The quantitative estimate of drug-likeness (QED) is 0.863. The van der Waals surface area contributed by atoms with Crippen LogP contribution in [0.25, 0.3) is 5.65 Å². The lowest BCUT2D eigenvalue weighted by Gasteiger charge is -1.96. The average Bonchev–Trinajstić information content (AvgIpc) is 2.68. The summed E-state index contributed by atoms with van der Waals surface area (Å²) in [4.78, 5) is 14.6. The molecule has 1 N–H and O–H groups in total. The molecule has 90 valence electrons. The second kappa shape index (κ2) is 5.09. The molecule has 0 aliphatic carbocycles. The van der Waals surface area contributed by atoms with Gasteiger partial charge in [-0.05, 0) is 12.1 Å². The van der Waals surface area contributed by atoms with Crippen molar-refractivity contribution in [1.82, 2.24) is 9.38 Å². The lowest BCUT2D eigenvalue weighted by Crippen LogP contribution is -2.06. The smallest absolute Gasteiger partial charge is 0.304 e. The number of nitrogens with zero attached hydrogens (tertiary/aromatic N) is 2. The van der Waals surface area contributed by atoms with Crippen molar-refractivity contribution in [3.05, 3.63) is 36.3 Å². The summed E-state index contributed by atoms with van der Waals surface area (Å²) in [7, 11) is -1.17. The average molecular weight is 252 g/mol. The Hall–Kier alpha value is -1.69. The molecule has 0 aromatic carbocycles. The van der Waals surface area contributed by atoms with Gasteiger partial charge in [-0.3, -0.25) is 9.00 Å². The van der Waals surface area contributed by atoms with Gasteiger partial charge in [0.05, 0.1) is 17.9 Å². The summed E-state index contributed by atoms with van der Waals surface area (Å²) in [6, 6.07) is 5.64. The highest BCUT2D eigenvalue weighted by atomic mass is 32.2. The predicted molar refractivity (Wildman–Crippen MR) is 64.2 cm³/mol. The molecule has 2 heterocycles. The number of imidazole rings is 1. The van der Waals surface area contributed by atoms with Gasteiger partial charge in [0.2, 0.25) is 0 Å². The maximum absolute atomic E-state index is 11.6. The molecule has 1 atom stereocenters. The van der Waals surface area contributed by atoms with Crippen LogP contribution in [0.5, 0.6) is 0 Å². The number of carboxylic acid groups (broad SMARTS) is 1. The van der Waals surface area contributed by atoms with Crippen LogP contribution in [0.4, 0.5) is 0 Å². The molecule has 2 rings (SSSR count). The number of carbonyl (C=O) groups is 1. The Labute approximate surface area is 101 Å². The molecule has 0 fully saturated rings. The lowest BCUT2D eigenvalue weighted by molar-refractivity contribution is -0.136. The van der Waals surface area contributed by atoms with Gasteiger partial charge in [-0.2, -0.15) is 0 Å². The SMILES string of the molecule is O=C(O)CCS(=O)Cc1cn2ccccc2n1. The fourth-order valence-corrected chi connectivity index (χ4v) is 2.51. The molecule has 0 aliphatic rings. The summed E-state index contributed by atoms with van der Waals surface area (Å²) in [6.45, 7) is 0. The monoisotopic (exact) mass is 252 g/mol. The number of hydrogen-bond donors (Lipinski definition) is 1. The molecule has 0 spiro atoms. The van der Waals surface area contributed by atoms with Gasteiger partial charge < -0.3 is 9.51 Å². The largest absolute Gasteiger partial charge is 0.481 e. The maximum Gasteiger partial charge on any atom is 0.304 e. The Morgan fingerprint density at radius 2 is 2.29 bits per heavy atom. The minimum absolute atomic E-state index is 0.0695. The van der Waals surface area contributed by atoms with Gasteiger partial charge in [0.1, 0.15) is 5.65 Å². The summed E-state index contributed by atoms with van der Waals surface area (Å²) in [5.41, 5.74) is 1.53. The fourth-order valence-electron chi connectivity index (χ4n) is 1.49. The number of rotatable bonds is 5. The number of fused-ring (bicyclic) bond motifs is 1. The van der Waals surface area contributed by atoms with Crippen molar-refractivity contribution < 1.29 is 14.1 Å². The predicted octanol–water partition coefficient (Wildman–Crippen LogP) is 1.06. The van der Waals surface area contributed by atoms with E-state index >= 15 is 0 Å². The lowest BCUT2D eigenvalue weighted by atomic mass is 10.5. The Morgan fingerprint density at radius 3 is 3.00 bits per heavy atom. The highest BCUT2D eigenvalue weighted by Crippen LogP contribution is 2.07. The van der Waals surface area contributed by atoms with Crippen LogP contribution in [0, 0.1) is 0 Å². The van der Waals surface area contributed by atoms with Gasteiger partial charge in [0, 0.05) is 28.9 Å². The molecule has 0 radical (unpaired) electrons. The summed E-state index contributed by atoms with van der Waals surface area (Å²) >= 11 is 0. The van der Waals surface area contributed by atoms with Gasteiger partial charge >= 0.3 is 5.97 Å². The van der Waals surface area contributed by atoms with E-state index in [4.69, 9.17) is 5.11 Å². The third kappa shape index (κ3) is 3.13. The van der Waals surface area contributed by atoms with E-state index < -0.39 is 16.8 Å². The number of hydrogen-bond acceptors (Lipinski definition) is 3. The standard InChI is InChI=1S/C11H12N2O3S/c14-11(15)4-6-17(16)8-9-7-13-5-2-1-3-10(13)12-9/h1-3,5,7H,4,6,8H2,(H,14,15). The van der Waals surface area contributed by atoms with E-state index in [0.717, 1.165) is 11.3 Å². The van der Waals surface area contributed by atoms with Gasteiger partial charge in [0.25, 0.3) is 0 Å². The molecule has 0 aliphatic heterocycles. The first-order valence-electron chi connectivity index (χ1n) is 5.14. The second-order valence-electron chi connectivity index (χ2n) is 3.63. The normalized spacial score (nSPS) is 12.7. The van der Waals surface area contributed by atoms with Gasteiger partial charge in [0.15, 0.2) is 0 Å². The third-order valence-corrected chi connectivity index (χ3v) is 3.54. The molecule has 1 unspecified atom stereocenters. The highest BCUT2D eigenvalue weighted by molar-refractivity contribution is 7.84. The number of aromatic nitrogens is 2. The zero-order chi connectivity index (χ0) is 12.3. The third-order valence-electron chi connectivity index (χ3n) is 2.27. The first-order chi connectivity index (χ1) is 8.15. The van der Waals surface area contributed by atoms with E-state index in [2.05, 4.69) is 4.98 Å². The minimum Gasteiger partial charge on any atom is -0.481 e. The van der Waals surface area contributed by atoms with E-state index in [-0.39, 0.29) is 12.2 Å². The van der Waals surface area contributed by atoms with E-state index in [1.807, 2.05) is 35.0 Å². The van der Waals surface area contributed by atoms with Gasteiger partial charge in [-0.15, -0.1) is 0 Å². The van der Waals surface area contributed by atoms with Crippen LogP contribution in [0.2, 0.25) is 0 Å². The molecule has 2 aromatic heterocycles. The van der Waals surface area contributed by atoms with Gasteiger partial charge in [-0.1, -0.05) is 6.07 Å². The van der Waals surface area contributed by atoms with Crippen molar-refractivity contribution in [2.24, 2.45) is 0 Å². The molecule has 0 saturated carbocycles. The van der Waals surface area contributed by atoms with E-state index in [9.17, 15) is 9.00 Å². The molecular formula is C11H12N2O3S. The van der Waals surface area contributed by atoms with E-state index in [1.54, 1.807) is 0 Å². The van der Waals surface area contributed by atoms with Gasteiger partial charge in [-0.25, -0.2) is 4.98 Å².